The number of anilines is 1. The summed E-state index contributed by atoms with van der Waals surface area (Å²) in [5.74, 6) is 0. The van der Waals surface area contributed by atoms with Crippen LogP contribution in [0.25, 0.3) is 10.9 Å². The Morgan fingerprint density at radius 2 is 2.17 bits per heavy atom. The summed E-state index contributed by atoms with van der Waals surface area (Å²) >= 11 is 0. The second kappa shape index (κ2) is 5.42. The number of non-ortho nitro benzene ring substituents is 1. The molecule has 6 nitrogen and oxygen atoms in total. The fourth-order valence-corrected chi connectivity index (χ4v) is 1.78. The molecule has 1 aromatic heterocycles. The molecule has 0 bridgehead atoms. The lowest BCUT2D eigenvalue weighted by molar-refractivity contribution is -0.383. The Bertz CT molecular complexity index is 571. The van der Waals surface area contributed by atoms with Crippen LogP contribution >= 0.6 is 0 Å². The maximum absolute atomic E-state index is 10.9. The van der Waals surface area contributed by atoms with Gasteiger partial charge in [0.25, 0.3) is 5.69 Å². The number of aromatic nitrogens is 1. The van der Waals surface area contributed by atoms with Gasteiger partial charge in [-0.15, -0.1) is 0 Å². The lowest BCUT2D eigenvalue weighted by Crippen LogP contribution is -2.17. The molecule has 2 aromatic rings. The highest BCUT2D eigenvalue weighted by Crippen LogP contribution is 2.29. The number of nitrogens with one attached hydrogen (secondary N) is 2. The zero-order chi connectivity index (χ0) is 13.0. The highest BCUT2D eigenvalue weighted by Gasteiger charge is 2.14. The summed E-state index contributed by atoms with van der Waals surface area (Å²) in [6.45, 7) is 1.57. The van der Waals surface area contributed by atoms with Crippen LogP contribution in [0.15, 0.2) is 30.5 Å². The Labute approximate surface area is 104 Å². The van der Waals surface area contributed by atoms with Crippen molar-refractivity contribution in [3.05, 3.63) is 40.6 Å². The van der Waals surface area contributed by atoms with Gasteiger partial charge in [0.2, 0.25) is 0 Å². The van der Waals surface area contributed by atoms with Gasteiger partial charge in [-0.25, -0.2) is 4.98 Å². The summed E-state index contributed by atoms with van der Waals surface area (Å²) in [6, 6.07) is 6.81. The highest BCUT2D eigenvalue weighted by atomic mass is 16.6. The average molecular weight is 246 g/mol. The number of nitro benzene ring substituents is 1. The monoisotopic (exact) mass is 246 g/mol. The van der Waals surface area contributed by atoms with Gasteiger partial charge in [-0.2, -0.15) is 0 Å². The van der Waals surface area contributed by atoms with Gasteiger partial charge in [-0.3, -0.25) is 10.1 Å². The molecule has 0 aliphatic heterocycles. The van der Waals surface area contributed by atoms with Crippen molar-refractivity contribution in [2.24, 2.45) is 0 Å². The SMILES string of the molecule is CNCCNc1ccc([N+](=O)[O-])c2ncccc12. The van der Waals surface area contributed by atoms with E-state index in [0.29, 0.717) is 5.52 Å². The van der Waals surface area contributed by atoms with Crippen LogP contribution in [0.4, 0.5) is 11.4 Å². The van der Waals surface area contributed by atoms with E-state index in [0.717, 1.165) is 24.2 Å². The van der Waals surface area contributed by atoms with Crippen LogP contribution in [0.3, 0.4) is 0 Å². The van der Waals surface area contributed by atoms with Crippen LogP contribution in [0, 0.1) is 10.1 Å². The van der Waals surface area contributed by atoms with Crippen LogP contribution in [0.5, 0.6) is 0 Å². The summed E-state index contributed by atoms with van der Waals surface area (Å²) in [4.78, 5) is 14.6. The third-order valence-corrected chi connectivity index (χ3v) is 2.64. The van der Waals surface area contributed by atoms with Crippen molar-refractivity contribution in [2.75, 3.05) is 25.5 Å². The van der Waals surface area contributed by atoms with E-state index in [1.54, 1.807) is 18.3 Å². The summed E-state index contributed by atoms with van der Waals surface area (Å²) in [7, 11) is 1.87. The molecule has 94 valence electrons. The average Bonchev–Trinajstić information content (AvgIpc) is 2.38. The summed E-state index contributed by atoms with van der Waals surface area (Å²) in [5.41, 5.74) is 1.31. The zero-order valence-electron chi connectivity index (χ0n) is 10.0. The fraction of sp³-hybridized carbons (Fsp3) is 0.250. The Kier molecular flexibility index (Phi) is 3.69. The van der Waals surface area contributed by atoms with Gasteiger partial charge in [-0.1, -0.05) is 0 Å². The molecule has 0 fully saturated rings. The first-order valence-electron chi connectivity index (χ1n) is 5.64. The number of pyridine rings is 1. The van der Waals surface area contributed by atoms with E-state index in [1.165, 1.54) is 6.07 Å². The minimum Gasteiger partial charge on any atom is -0.383 e. The summed E-state index contributed by atoms with van der Waals surface area (Å²) < 4.78 is 0. The first kappa shape index (κ1) is 12.3. The van der Waals surface area contributed by atoms with Crippen molar-refractivity contribution in [3.63, 3.8) is 0 Å². The standard InChI is InChI=1S/C12H14N4O2/c1-13-7-8-14-10-4-5-11(16(17)18)12-9(10)3-2-6-15-12/h2-6,13-14H,7-8H2,1H3. The van der Waals surface area contributed by atoms with E-state index in [-0.39, 0.29) is 5.69 Å². The molecule has 0 unspecified atom stereocenters. The van der Waals surface area contributed by atoms with Gasteiger partial charge < -0.3 is 10.6 Å². The summed E-state index contributed by atoms with van der Waals surface area (Å²) in [5, 5.41) is 17.9. The lowest BCUT2D eigenvalue weighted by Gasteiger charge is -2.09. The molecule has 0 spiro atoms. The minimum atomic E-state index is -0.410. The highest BCUT2D eigenvalue weighted by molar-refractivity contribution is 5.96. The molecule has 0 saturated heterocycles. The second-order valence-electron chi connectivity index (χ2n) is 3.82. The smallest absolute Gasteiger partial charge is 0.295 e. The second-order valence-corrected chi connectivity index (χ2v) is 3.82. The number of hydrogen-bond donors (Lipinski definition) is 2. The Morgan fingerprint density at radius 1 is 1.33 bits per heavy atom. The van der Waals surface area contributed by atoms with Crippen LogP contribution in [-0.4, -0.2) is 30.0 Å². The molecule has 0 aliphatic carbocycles. The summed E-state index contributed by atoms with van der Waals surface area (Å²) in [6.07, 6.45) is 1.56. The molecular formula is C12H14N4O2. The van der Waals surface area contributed by atoms with E-state index in [9.17, 15) is 10.1 Å². The third-order valence-electron chi connectivity index (χ3n) is 2.64. The predicted octanol–water partition coefficient (Wildman–Crippen LogP) is 1.77. The Morgan fingerprint density at radius 3 is 2.89 bits per heavy atom. The third kappa shape index (κ3) is 2.38. The van der Waals surface area contributed by atoms with Gasteiger partial charge >= 0.3 is 0 Å². The maximum atomic E-state index is 10.9. The number of nitrogens with zero attached hydrogens (tertiary/aromatic N) is 2. The van der Waals surface area contributed by atoms with Crippen LogP contribution in [0.1, 0.15) is 0 Å². The van der Waals surface area contributed by atoms with Crippen molar-refractivity contribution in [1.29, 1.82) is 0 Å². The van der Waals surface area contributed by atoms with Crippen molar-refractivity contribution >= 4 is 22.3 Å². The molecule has 1 heterocycles. The largest absolute Gasteiger partial charge is 0.383 e. The molecule has 18 heavy (non-hydrogen) atoms. The molecule has 2 N–H and O–H groups in total. The molecule has 1 aromatic carbocycles. The number of rotatable bonds is 5. The molecule has 6 heteroatoms. The molecule has 0 radical (unpaired) electrons. The van der Waals surface area contributed by atoms with Gasteiger partial charge in [0.05, 0.1) is 4.92 Å². The van der Waals surface area contributed by atoms with Gasteiger partial charge in [0.1, 0.15) is 5.52 Å². The minimum absolute atomic E-state index is 0.0322. The molecular weight excluding hydrogens is 232 g/mol. The molecule has 0 atom stereocenters. The quantitative estimate of drug-likeness (QED) is 0.477. The van der Waals surface area contributed by atoms with Crippen LogP contribution in [-0.2, 0) is 0 Å². The van der Waals surface area contributed by atoms with Crippen molar-refractivity contribution in [1.82, 2.24) is 10.3 Å². The number of likely N-dealkylation sites (N-methyl/N-ethyl adjacent to an activating group) is 1. The number of benzene rings is 1. The number of fused-ring (bicyclic) bond motifs is 1. The first-order valence-corrected chi connectivity index (χ1v) is 5.64. The number of hydrogen-bond acceptors (Lipinski definition) is 5. The molecule has 0 saturated carbocycles. The van der Waals surface area contributed by atoms with Crippen molar-refractivity contribution < 1.29 is 4.92 Å². The van der Waals surface area contributed by atoms with E-state index >= 15 is 0 Å². The predicted molar refractivity (Wildman–Crippen MR) is 70.8 cm³/mol. The topological polar surface area (TPSA) is 80.1 Å². The normalized spacial score (nSPS) is 10.5. The molecule has 0 amide bonds. The molecule has 0 aliphatic rings. The first-order chi connectivity index (χ1) is 8.74. The van der Waals surface area contributed by atoms with Gasteiger partial charge in [-0.05, 0) is 25.2 Å². The fourth-order valence-electron chi connectivity index (χ4n) is 1.78. The van der Waals surface area contributed by atoms with Crippen LogP contribution < -0.4 is 10.6 Å². The maximum Gasteiger partial charge on any atom is 0.295 e. The number of nitro groups is 1. The van der Waals surface area contributed by atoms with E-state index in [4.69, 9.17) is 0 Å². The van der Waals surface area contributed by atoms with Gasteiger partial charge in [0.15, 0.2) is 0 Å². The Hall–Kier alpha value is -2.21. The van der Waals surface area contributed by atoms with Crippen molar-refractivity contribution in [2.45, 2.75) is 0 Å². The van der Waals surface area contributed by atoms with Gasteiger partial charge in [0, 0.05) is 36.4 Å². The van der Waals surface area contributed by atoms with Crippen LogP contribution in [0.2, 0.25) is 0 Å². The van der Waals surface area contributed by atoms with E-state index in [1.807, 2.05) is 13.1 Å². The molecule has 2 rings (SSSR count). The van der Waals surface area contributed by atoms with E-state index in [2.05, 4.69) is 15.6 Å². The van der Waals surface area contributed by atoms with E-state index < -0.39 is 4.92 Å². The van der Waals surface area contributed by atoms with Crippen molar-refractivity contribution in [3.8, 4) is 0 Å². The lowest BCUT2D eigenvalue weighted by atomic mass is 10.1. The Balaban J connectivity index is 2.44. The zero-order valence-corrected chi connectivity index (χ0v) is 10.0.